The summed E-state index contributed by atoms with van der Waals surface area (Å²) in [6, 6.07) is 9.66. The molecule has 1 aromatic heterocycles. The number of piperidine rings is 1. The number of nitrogens with one attached hydrogen (secondary N) is 1. The molecule has 1 N–H and O–H groups in total. The Kier molecular flexibility index (Phi) is 5.36. The molecule has 1 aliphatic rings. The summed E-state index contributed by atoms with van der Waals surface area (Å²) in [5, 5.41) is 4.96. The summed E-state index contributed by atoms with van der Waals surface area (Å²) in [5.41, 5.74) is 1.87. The fourth-order valence-corrected chi connectivity index (χ4v) is 4.27. The van der Waals surface area contributed by atoms with E-state index in [1.165, 1.54) is 11.3 Å². The number of hydrogen-bond acceptors (Lipinski definition) is 3. The zero-order valence-corrected chi connectivity index (χ0v) is 15.8. The maximum atomic E-state index is 12.5. The van der Waals surface area contributed by atoms with E-state index in [-0.39, 0.29) is 17.9 Å². The molecule has 6 heteroatoms. The van der Waals surface area contributed by atoms with Gasteiger partial charge in [-0.05, 0) is 59.3 Å². The molecule has 24 heavy (non-hydrogen) atoms. The minimum atomic E-state index is -0.0415. The highest BCUT2D eigenvalue weighted by Crippen LogP contribution is 2.23. The number of hydrogen-bond donors (Lipinski definition) is 1. The van der Waals surface area contributed by atoms with E-state index in [4.69, 9.17) is 0 Å². The predicted octanol–water partition coefficient (Wildman–Crippen LogP) is 3.85. The number of carbonyl (C=O) groups excluding carboxylic acids is 2. The number of amides is 2. The van der Waals surface area contributed by atoms with Gasteiger partial charge in [-0.1, -0.05) is 17.7 Å². The number of carbonyl (C=O) groups is 2. The Hall–Kier alpha value is -1.66. The number of nitrogens with zero attached hydrogens (tertiary/aromatic N) is 1. The predicted molar refractivity (Wildman–Crippen MR) is 99.6 cm³/mol. The van der Waals surface area contributed by atoms with Crippen molar-refractivity contribution in [2.24, 2.45) is 0 Å². The largest absolute Gasteiger partial charge is 0.348 e. The zero-order chi connectivity index (χ0) is 17.1. The summed E-state index contributed by atoms with van der Waals surface area (Å²) in [4.78, 5) is 27.3. The quantitative estimate of drug-likeness (QED) is 0.840. The highest BCUT2D eigenvalue weighted by molar-refractivity contribution is 9.10. The summed E-state index contributed by atoms with van der Waals surface area (Å²) in [6.07, 6.45) is 1.57. The van der Waals surface area contributed by atoms with Crippen molar-refractivity contribution in [3.8, 4) is 0 Å². The number of benzene rings is 1. The molecule has 0 atom stereocenters. The monoisotopic (exact) mass is 406 g/mol. The molecule has 3 rings (SSSR count). The Morgan fingerprint density at radius 2 is 1.83 bits per heavy atom. The normalized spacial score (nSPS) is 15.3. The van der Waals surface area contributed by atoms with Gasteiger partial charge in [0.2, 0.25) is 0 Å². The first-order valence-electron chi connectivity index (χ1n) is 7.94. The van der Waals surface area contributed by atoms with Gasteiger partial charge in [0.05, 0.1) is 0 Å². The van der Waals surface area contributed by atoms with Crippen LogP contribution in [0.1, 0.15) is 38.4 Å². The van der Waals surface area contributed by atoms with Crippen LogP contribution in [-0.4, -0.2) is 35.8 Å². The molecule has 0 radical (unpaired) electrons. The standard InChI is InChI=1S/C18H19BrN2O2S/c1-12-2-4-13(5-3-12)18(23)21-9-6-14(7-10-21)20-17(22)16-15(19)8-11-24-16/h2-5,8,11,14H,6-7,9-10H2,1H3,(H,20,22). The molecule has 126 valence electrons. The lowest BCUT2D eigenvalue weighted by Crippen LogP contribution is -2.46. The first kappa shape index (κ1) is 17.2. The smallest absolute Gasteiger partial charge is 0.262 e. The maximum Gasteiger partial charge on any atom is 0.262 e. The molecular weight excluding hydrogens is 388 g/mol. The molecule has 2 heterocycles. The van der Waals surface area contributed by atoms with Crippen molar-refractivity contribution in [2.45, 2.75) is 25.8 Å². The van der Waals surface area contributed by atoms with E-state index in [1.807, 2.05) is 47.5 Å². The van der Waals surface area contributed by atoms with Gasteiger partial charge in [-0.25, -0.2) is 0 Å². The van der Waals surface area contributed by atoms with Crippen LogP contribution in [-0.2, 0) is 0 Å². The lowest BCUT2D eigenvalue weighted by Gasteiger charge is -2.32. The van der Waals surface area contributed by atoms with Crippen LogP contribution in [0.5, 0.6) is 0 Å². The average molecular weight is 407 g/mol. The van der Waals surface area contributed by atoms with Crippen molar-refractivity contribution >= 4 is 39.1 Å². The molecule has 0 unspecified atom stereocenters. The van der Waals surface area contributed by atoms with Gasteiger partial charge < -0.3 is 10.2 Å². The second-order valence-electron chi connectivity index (χ2n) is 6.00. The highest BCUT2D eigenvalue weighted by atomic mass is 79.9. The van der Waals surface area contributed by atoms with Crippen LogP contribution in [0.25, 0.3) is 0 Å². The second-order valence-corrected chi connectivity index (χ2v) is 7.77. The molecule has 0 bridgehead atoms. The molecule has 1 aromatic carbocycles. The van der Waals surface area contributed by atoms with Gasteiger partial charge in [0.25, 0.3) is 11.8 Å². The van der Waals surface area contributed by atoms with Crippen molar-refractivity contribution in [3.05, 3.63) is 56.2 Å². The third-order valence-corrected chi connectivity index (χ3v) is 6.08. The van der Waals surface area contributed by atoms with Crippen LogP contribution in [0.3, 0.4) is 0 Å². The maximum absolute atomic E-state index is 12.5. The van der Waals surface area contributed by atoms with E-state index in [0.29, 0.717) is 18.0 Å². The molecule has 0 aliphatic carbocycles. The number of halogens is 1. The fourth-order valence-electron chi connectivity index (χ4n) is 2.81. The number of rotatable bonds is 3. The van der Waals surface area contributed by atoms with Crippen LogP contribution >= 0.6 is 27.3 Å². The molecule has 2 aromatic rings. The topological polar surface area (TPSA) is 49.4 Å². The van der Waals surface area contributed by atoms with Crippen LogP contribution in [0.15, 0.2) is 40.2 Å². The molecular formula is C18H19BrN2O2S. The highest BCUT2D eigenvalue weighted by Gasteiger charge is 2.25. The Labute approximate surface area is 154 Å². The molecule has 1 saturated heterocycles. The lowest BCUT2D eigenvalue weighted by atomic mass is 10.0. The summed E-state index contributed by atoms with van der Waals surface area (Å²) < 4.78 is 0.831. The van der Waals surface area contributed by atoms with Crippen molar-refractivity contribution < 1.29 is 9.59 Å². The van der Waals surface area contributed by atoms with E-state index in [9.17, 15) is 9.59 Å². The van der Waals surface area contributed by atoms with E-state index in [0.717, 1.165) is 28.4 Å². The van der Waals surface area contributed by atoms with Crippen molar-refractivity contribution in [1.82, 2.24) is 10.2 Å². The van der Waals surface area contributed by atoms with Gasteiger partial charge in [0.1, 0.15) is 4.88 Å². The van der Waals surface area contributed by atoms with Crippen molar-refractivity contribution in [2.75, 3.05) is 13.1 Å². The Morgan fingerprint density at radius 3 is 2.42 bits per heavy atom. The average Bonchev–Trinajstić information content (AvgIpc) is 3.02. The molecule has 0 spiro atoms. The summed E-state index contributed by atoms with van der Waals surface area (Å²) in [6.45, 7) is 3.35. The summed E-state index contributed by atoms with van der Waals surface area (Å²) in [7, 11) is 0. The fraction of sp³-hybridized carbons (Fsp3) is 0.333. The zero-order valence-electron chi connectivity index (χ0n) is 13.4. The van der Waals surface area contributed by atoms with Gasteiger partial charge >= 0.3 is 0 Å². The Balaban J connectivity index is 1.54. The van der Waals surface area contributed by atoms with E-state index >= 15 is 0 Å². The van der Waals surface area contributed by atoms with E-state index in [2.05, 4.69) is 21.2 Å². The van der Waals surface area contributed by atoms with Gasteiger partial charge in [0, 0.05) is 29.2 Å². The third kappa shape index (κ3) is 3.87. The summed E-state index contributed by atoms with van der Waals surface area (Å²) in [5.74, 6) is 0.0287. The van der Waals surface area contributed by atoms with Crippen molar-refractivity contribution in [1.29, 1.82) is 0 Å². The molecule has 1 aliphatic heterocycles. The first-order chi connectivity index (χ1) is 11.5. The number of thiophene rings is 1. The summed E-state index contributed by atoms with van der Waals surface area (Å²) >= 11 is 4.81. The molecule has 2 amide bonds. The SMILES string of the molecule is Cc1ccc(C(=O)N2CCC(NC(=O)c3sccc3Br)CC2)cc1. The second kappa shape index (κ2) is 7.49. The van der Waals surface area contributed by atoms with Gasteiger partial charge in [0.15, 0.2) is 0 Å². The Bertz CT molecular complexity index is 734. The number of likely N-dealkylation sites (tertiary alicyclic amines) is 1. The minimum absolute atomic E-state index is 0.0415. The van der Waals surface area contributed by atoms with Crippen LogP contribution in [0.4, 0.5) is 0 Å². The number of aryl methyl sites for hydroxylation is 1. The van der Waals surface area contributed by atoms with Crippen LogP contribution < -0.4 is 5.32 Å². The molecule has 0 saturated carbocycles. The van der Waals surface area contributed by atoms with Gasteiger partial charge in [-0.3, -0.25) is 9.59 Å². The van der Waals surface area contributed by atoms with E-state index < -0.39 is 0 Å². The van der Waals surface area contributed by atoms with Crippen LogP contribution in [0, 0.1) is 6.92 Å². The Morgan fingerprint density at radius 1 is 1.17 bits per heavy atom. The molecule has 1 fully saturated rings. The van der Waals surface area contributed by atoms with Crippen LogP contribution in [0.2, 0.25) is 0 Å². The third-order valence-electron chi connectivity index (χ3n) is 4.24. The lowest BCUT2D eigenvalue weighted by molar-refractivity contribution is 0.0698. The van der Waals surface area contributed by atoms with Gasteiger partial charge in [-0.15, -0.1) is 11.3 Å². The van der Waals surface area contributed by atoms with Crippen molar-refractivity contribution in [3.63, 3.8) is 0 Å². The van der Waals surface area contributed by atoms with Gasteiger partial charge in [-0.2, -0.15) is 0 Å². The van der Waals surface area contributed by atoms with E-state index in [1.54, 1.807) is 0 Å². The first-order valence-corrected chi connectivity index (χ1v) is 9.61. The molecule has 4 nitrogen and oxygen atoms in total. The minimum Gasteiger partial charge on any atom is -0.348 e.